The quantitative estimate of drug-likeness (QED) is 0.774. The summed E-state index contributed by atoms with van der Waals surface area (Å²) in [6, 6.07) is 8.49. The van der Waals surface area contributed by atoms with Crippen LogP contribution in [-0.4, -0.2) is 35.9 Å². The Morgan fingerprint density at radius 3 is 2.71 bits per heavy atom. The zero-order chi connectivity index (χ0) is 12.3. The van der Waals surface area contributed by atoms with Gasteiger partial charge in [-0.15, -0.1) is 0 Å². The first-order valence-corrected chi connectivity index (χ1v) is 5.26. The van der Waals surface area contributed by atoms with Gasteiger partial charge in [0.2, 0.25) is 0 Å². The molecule has 1 N–H and O–H groups in total. The highest BCUT2D eigenvalue weighted by Gasteiger charge is 2.34. The van der Waals surface area contributed by atoms with Crippen LogP contribution in [0.25, 0.3) is 0 Å². The van der Waals surface area contributed by atoms with Gasteiger partial charge in [0, 0.05) is 0 Å². The van der Waals surface area contributed by atoms with Gasteiger partial charge < -0.3 is 14.6 Å². The molecule has 1 aliphatic heterocycles. The van der Waals surface area contributed by atoms with Gasteiger partial charge in [0.25, 0.3) is 0 Å². The van der Waals surface area contributed by atoms with E-state index in [2.05, 4.69) is 0 Å². The lowest BCUT2D eigenvalue weighted by molar-refractivity contribution is -0.143. The van der Waals surface area contributed by atoms with Crippen molar-refractivity contribution in [3.8, 4) is 0 Å². The number of carbonyl (C=O) groups excluding carboxylic acids is 2. The number of aliphatic hydroxyl groups is 1. The Morgan fingerprint density at radius 1 is 1.41 bits per heavy atom. The minimum atomic E-state index is -0.897. The molecule has 0 saturated carbocycles. The molecule has 0 aromatic heterocycles. The fraction of sp³-hybridized carbons (Fsp3) is 0.333. The van der Waals surface area contributed by atoms with Crippen molar-refractivity contribution < 1.29 is 24.2 Å². The number of hydrogen-bond acceptors (Lipinski definition) is 5. The van der Waals surface area contributed by atoms with E-state index in [1.165, 1.54) is 0 Å². The molecule has 0 amide bonds. The minimum Gasteiger partial charge on any atom is -0.458 e. The molecule has 0 aliphatic carbocycles. The van der Waals surface area contributed by atoms with Crippen LogP contribution in [-0.2, 0) is 14.3 Å². The van der Waals surface area contributed by atoms with E-state index in [0.29, 0.717) is 5.56 Å². The van der Waals surface area contributed by atoms with E-state index >= 15 is 0 Å². The molecule has 1 heterocycles. The van der Waals surface area contributed by atoms with Crippen LogP contribution in [0.2, 0.25) is 0 Å². The molecule has 1 aromatic carbocycles. The van der Waals surface area contributed by atoms with Crippen molar-refractivity contribution in [1.29, 1.82) is 0 Å². The molecule has 0 radical (unpaired) electrons. The Hall–Kier alpha value is -1.88. The predicted octanol–water partition coefficient (Wildman–Crippen LogP) is 0.520. The number of cyclic esters (lactones) is 1. The van der Waals surface area contributed by atoms with E-state index in [1.807, 2.05) is 0 Å². The molecule has 2 atom stereocenters. The van der Waals surface area contributed by atoms with Gasteiger partial charge in [-0.05, 0) is 12.1 Å². The van der Waals surface area contributed by atoms with Crippen LogP contribution in [0.15, 0.2) is 30.3 Å². The highest BCUT2D eigenvalue weighted by atomic mass is 16.6. The first kappa shape index (κ1) is 11.6. The Morgan fingerprint density at radius 2 is 2.12 bits per heavy atom. The summed E-state index contributed by atoms with van der Waals surface area (Å²) in [6.45, 7) is -0.124. The van der Waals surface area contributed by atoms with Crippen LogP contribution in [0, 0.1) is 0 Å². The highest BCUT2D eigenvalue weighted by Crippen LogP contribution is 2.15. The summed E-state index contributed by atoms with van der Waals surface area (Å²) in [5.41, 5.74) is 0.423. The molecule has 0 unspecified atom stereocenters. The van der Waals surface area contributed by atoms with Crippen LogP contribution >= 0.6 is 0 Å². The molecule has 1 fully saturated rings. The third-order valence-electron chi connectivity index (χ3n) is 2.48. The predicted molar refractivity (Wildman–Crippen MR) is 57.2 cm³/mol. The molecule has 0 bridgehead atoms. The number of hydrogen-bond donors (Lipinski definition) is 1. The van der Waals surface area contributed by atoms with E-state index in [0.717, 1.165) is 0 Å². The van der Waals surface area contributed by atoms with Gasteiger partial charge >= 0.3 is 11.9 Å². The summed E-state index contributed by atoms with van der Waals surface area (Å²) in [5, 5.41) is 9.41. The molecule has 5 nitrogen and oxygen atoms in total. The standard InChI is InChI=1S/C12H12O5/c13-9-6-11(14)17-10(9)7-16-12(15)8-4-2-1-3-5-8/h1-5,9-10,13H,6-7H2/t9-,10+/m0/s1. The van der Waals surface area contributed by atoms with Crippen molar-refractivity contribution in [2.75, 3.05) is 6.61 Å². The maximum atomic E-state index is 11.5. The second kappa shape index (κ2) is 4.97. The first-order valence-electron chi connectivity index (χ1n) is 5.26. The summed E-state index contributed by atoms with van der Waals surface area (Å²) in [6.07, 6.45) is -1.70. The van der Waals surface area contributed by atoms with Crippen molar-refractivity contribution in [2.24, 2.45) is 0 Å². The third-order valence-corrected chi connectivity index (χ3v) is 2.48. The first-order chi connectivity index (χ1) is 8.16. The van der Waals surface area contributed by atoms with Crippen molar-refractivity contribution in [3.63, 3.8) is 0 Å². The third kappa shape index (κ3) is 2.82. The van der Waals surface area contributed by atoms with Crippen molar-refractivity contribution in [3.05, 3.63) is 35.9 Å². The summed E-state index contributed by atoms with van der Waals surface area (Å²) in [7, 11) is 0. The fourth-order valence-corrected chi connectivity index (χ4v) is 1.56. The lowest BCUT2D eigenvalue weighted by Crippen LogP contribution is -2.27. The lowest BCUT2D eigenvalue weighted by atomic mass is 10.2. The molecule has 1 aliphatic rings. The molecule has 0 spiro atoms. The van der Waals surface area contributed by atoms with E-state index in [9.17, 15) is 14.7 Å². The molecule has 1 aromatic rings. The molecule has 17 heavy (non-hydrogen) atoms. The molecular weight excluding hydrogens is 224 g/mol. The van der Waals surface area contributed by atoms with Crippen molar-refractivity contribution >= 4 is 11.9 Å². The Labute approximate surface area is 98.0 Å². The van der Waals surface area contributed by atoms with Crippen LogP contribution < -0.4 is 0 Å². The summed E-state index contributed by atoms with van der Waals surface area (Å²) < 4.78 is 9.75. The SMILES string of the molecule is O=C1C[C@H](O)[C@@H](COC(=O)c2ccccc2)O1. The zero-order valence-electron chi connectivity index (χ0n) is 9.04. The number of carbonyl (C=O) groups is 2. The molecular formula is C12H12O5. The molecule has 1 saturated heterocycles. The largest absolute Gasteiger partial charge is 0.458 e. The number of aliphatic hydroxyl groups excluding tert-OH is 1. The average molecular weight is 236 g/mol. The normalized spacial score (nSPS) is 23.2. The van der Waals surface area contributed by atoms with Crippen LogP contribution in [0.1, 0.15) is 16.8 Å². The second-order valence-electron chi connectivity index (χ2n) is 3.76. The number of rotatable bonds is 3. The number of ether oxygens (including phenoxy) is 2. The highest BCUT2D eigenvalue weighted by molar-refractivity contribution is 5.89. The van der Waals surface area contributed by atoms with Crippen LogP contribution in [0.5, 0.6) is 0 Å². The number of benzene rings is 1. The number of esters is 2. The minimum absolute atomic E-state index is 0.0481. The van der Waals surface area contributed by atoms with Gasteiger partial charge in [-0.1, -0.05) is 18.2 Å². The van der Waals surface area contributed by atoms with Gasteiger partial charge in [-0.25, -0.2) is 4.79 Å². The smallest absolute Gasteiger partial charge is 0.338 e. The van der Waals surface area contributed by atoms with Crippen molar-refractivity contribution in [2.45, 2.75) is 18.6 Å². The zero-order valence-corrected chi connectivity index (χ0v) is 9.04. The van der Waals surface area contributed by atoms with Gasteiger partial charge in [-0.3, -0.25) is 4.79 Å². The van der Waals surface area contributed by atoms with Gasteiger partial charge in [0.1, 0.15) is 12.7 Å². The molecule has 90 valence electrons. The van der Waals surface area contributed by atoms with E-state index < -0.39 is 24.1 Å². The van der Waals surface area contributed by atoms with Crippen LogP contribution in [0.4, 0.5) is 0 Å². The Balaban J connectivity index is 1.87. The Bertz CT molecular complexity index is 414. The molecule has 5 heteroatoms. The van der Waals surface area contributed by atoms with Crippen LogP contribution in [0.3, 0.4) is 0 Å². The van der Waals surface area contributed by atoms with E-state index in [1.54, 1.807) is 30.3 Å². The monoisotopic (exact) mass is 236 g/mol. The van der Waals surface area contributed by atoms with E-state index in [4.69, 9.17) is 9.47 Å². The molecule has 2 rings (SSSR count). The van der Waals surface area contributed by atoms with Gasteiger partial charge in [-0.2, -0.15) is 0 Å². The second-order valence-corrected chi connectivity index (χ2v) is 3.76. The summed E-state index contributed by atoms with van der Waals surface area (Å²) in [4.78, 5) is 22.4. The maximum absolute atomic E-state index is 11.5. The Kier molecular flexibility index (Phi) is 3.39. The van der Waals surface area contributed by atoms with Gasteiger partial charge in [0.15, 0.2) is 6.10 Å². The average Bonchev–Trinajstić information content (AvgIpc) is 2.66. The fourth-order valence-electron chi connectivity index (χ4n) is 1.56. The van der Waals surface area contributed by atoms with Gasteiger partial charge in [0.05, 0.1) is 12.0 Å². The van der Waals surface area contributed by atoms with E-state index in [-0.39, 0.29) is 13.0 Å². The summed E-state index contributed by atoms with van der Waals surface area (Å²) >= 11 is 0. The summed E-state index contributed by atoms with van der Waals surface area (Å²) in [5.74, 6) is -0.973. The van der Waals surface area contributed by atoms with Crippen molar-refractivity contribution in [1.82, 2.24) is 0 Å². The maximum Gasteiger partial charge on any atom is 0.338 e. The topological polar surface area (TPSA) is 72.8 Å². The lowest BCUT2D eigenvalue weighted by Gasteiger charge is -2.13.